The number of benzene rings is 1. The Labute approximate surface area is 143 Å². The van der Waals surface area contributed by atoms with Gasteiger partial charge in [0.05, 0.1) is 5.25 Å². The van der Waals surface area contributed by atoms with Gasteiger partial charge in [0.25, 0.3) is 0 Å². The van der Waals surface area contributed by atoms with Crippen LogP contribution in [0.2, 0.25) is 0 Å². The normalized spacial score (nSPS) is 17.0. The van der Waals surface area contributed by atoms with Gasteiger partial charge in [-0.2, -0.15) is 0 Å². The molecule has 0 bridgehead atoms. The van der Waals surface area contributed by atoms with Crippen molar-refractivity contribution in [3.8, 4) is 0 Å². The molecule has 1 aromatic carbocycles. The van der Waals surface area contributed by atoms with Gasteiger partial charge < -0.3 is 9.80 Å². The Morgan fingerprint density at radius 3 is 2.22 bits per heavy atom. The van der Waals surface area contributed by atoms with E-state index >= 15 is 0 Å². The molecule has 0 aliphatic carbocycles. The molecule has 0 saturated carbocycles. The molecule has 1 fully saturated rings. The average molecular weight is 334 g/mol. The van der Waals surface area contributed by atoms with E-state index in [9.17, 15) is 9.59 Å². The van der Waals surface area contributed by atoms with Crippen LogP contribution in [0.4, 0.5) is 0 Å². The lowest BCUT2D eigenvalue weighted by molar-refractivity contribution is -0.132. The van der Waals surface area contributed by atoms with Crippen molar-refractivity contribution < 1.29 is 9.59 Å². The minimum absolute atomic E-state index is 0.0821. The van der Waals surface area contributed by atoms with Crippen LogP contribution in [-0.4, -0.2) is 53.0 Å². The molecule has 0 radical (unpaired) electrons. The van der Waals surface area contributed by atoms with Gasteiger partial charge in [-0.05, 0) is 24.5 Å². The van der Waals surface area contributed by atoms with Crippen molar-refractivity contribution in [1.29, 1.82) is 0 Å². The van der Waals surface area contributed by atoms with E-state index in [-0.39, 0.29) is 23.0 Å². The van der Waals surface area contributed by atoms with E-state index in [4.69, 9.17) is 0 Å². The van der Waals surface area contributed by atoms with E-state index in [0.29, 0.717) is 13.1 Å². The molecule has 2 amide bonds. The number of nitrogens with zero attached hydrogens (tertiary/aromatic N) is 2. The van der Waals surface area contributed by atoms with Crippen LogP contribution in [0.15, 0.2) is 35.2 Å². The minimum atomic E-state index is -0.0821. The second kappa shape index (κ2) is 8.39. The van der Waals surface area contributed by atoms with E-state index in [1.165, 1.54) is 0 Å². The van der Waals surface area contributed by atoms with Crippen molar-refractivity contribution in [2.24, 2.45) is 5.92 Å². The third kappa shape index (κ3) is 4.99. The van der Waals surface area contributed by atoms with E-state index in [2.05, 4.69) is 13.8 Å². The smallest absolute Gasteiger partial charge is 0.236 e. The van der Waals surface area contributed by atoms with Crippen LogP contribution in [0.1, 0.15) is 27.2 Å². The molecule has 1 atom stereocenters. The first-order valence-electron chi connectivity index (χ1n) is 8.25. The molecule has 0 aromatic heterocycles. The standard InChI is InChI=1S/C18H26N2O2S/c1-14(2)17(23-16-8-5-4-6-9-16)18(22)20-11-7-10-19(12-13-20)15(3)21/h4-6,8-9,14,17H,7,10-13H2,1-3H3. The monoisotopic (exact) mass is 334 g/mol. The molecule has 2 rings (SSSR count). The molecule has 0 N–H and O–H groups in total. The molecule has 1 aliphatic heterocycles. The fourth-order valence-corrected chi connectivity index (χ4v) is 3.88. The second-order valence-electron chi connectivity index (χ2n) is 6.28. The van der Waals surface area contributed by atoms with Gasteiger partial charge in [0.2, 0.25) is 11.8 Å². The lowest BCUT2D eigenvalue weighted by Crippen LogP contribution is -2.42. The predicted octanol–water partition coefficient (Wildman–Crippen LogP) is 2.88. The van der Waals surface area contributed by atoms with Crippen molar-refractivity contribution in [3.63, 3.8) is 0 Å². The lowest BCUT2D eigenvalue weighted by Gasteiger charge is -2.28. The largest absolute Gasteiger partial charge is 0.341 e. The van der Waals surface area contributed by atoms with Gasteiger partial charge in [0.1, 0.15) is 0 Å². The van der Waals surface area contributed by atoms with Crippen molar-refractivity contribution in [1.82, 2.24) is 9.80 Å². The summed E-state index contributed by atoms with van der Waals surface area (Å²) in [6, 6.07) is 10.1. The minimum Gasteiger partial charge on any atom is -0.341 e. The van der Waals surface area contributed by atoms with Gasteiger partial charge >= 0.3 is 0 Å². The van der Waals surface area contributed by atoms with Crippen LogP contribution in [0.5, 0.6) is 0 Å². The van der Waals surface area contributed by atoms with E-state index < -0.39 is 0 Å². The van der Waals surface area contributed by atoms with Crippen molar-refractivity contribution in [2.75, 3.05) is 26.2 Å². The Kier molecular flexibility index (Phi) is 6.51. The number of hydrogen-bond acceptors (Lipinski definition) is 3. The number of carbonyl (C=O) groups excluding carboxylic acids is 2. The van der Waals surface area contributed by atoms with Crippen LogP contribution in [0.25, 0.3) is 0 Å². The summed E-state index contributed by atoms with van der Waals surface area (Å²) in [6.45, 7) is 8.55. The molecule has 1 unspecified atom stereocenters. The summed E-state index contributed by atoms with van der Waals surface area (Å²) in [5.41, 5.74) is 0. The fraction of sp³-hybridized carbons (Fsp3) is 0.556. The van der Waals surface area contributed by atoms with E-state index in [1.807, 2.05) is 40.1 Å². The summed E-state index contributed by atoms with van der Waals surface area (Å²) in [4.78, 5) is 29.4. The van der Waals surface area contributed by atoms with E-state index in [0.717, 1.165) is 24.4 Å². The first-order chi connectivity index (χ1) is 11.0. The molecule has 0 spiro atoms. The average Bonchev–Trinajstić information content (AvgIpc) is 2.79. The molecule has 126 valence electrons. The summed E-state index contributed by atoms with van der Waals surface area (Å²) in [5.74, 6) is 0.553. The van der Waals surface area contributed by atoms with Crippen LogP contribution in [-0.2, 0) is 9.59 Å². The third-order valence-corrected chi connectivity index (χ3v) is 5.65. The molecule has 1 aromatic rings. The topological polar surface area (TPSA) is 40.6 Å². The van der Waals surface area contributed by atoms with Gasteiger partial charge in [0, 0.05) is 38.0 Å². The first-order valence-corrected chi connectivity index (χ1v) is 9.13. The van der Waals surface area contributed by atoms with Gasteiger partial charge in [-0.15, -0.1) is 11.8 Å². The first kappa shape index (κ1) is 17.9. The van der Waals surface area contributed by atoms with Crippen molar-refractivity contribution in [3.05, 3.63) is 30.3 Å². The summed E-state index contributed by atoms with van der Waals surface area (Å²) < 4.78 is 0. The number of hydrogen-bond donors (Lipinski definition) is 0. The zero-order chi connectivity index (χ0) is 16.8. The molecule has 1 saturated heterocycles. The highest BCUT2D eigenvalue weighted by molar-refractivity contribution is 8.00. The number of rotatable bonds is 4. The molecular formula is C18H26N2O2S. The molecular weight excluding hydrogens is 308 g/mol. The highest BCUT2D eigenvalue weighted by Crippen LogP contribution is 2.29. The fourth-order valence-electron chi connectivity index (χ4n) is 2.75. The maximum absolute atomic E-state index is 13.0. The predicted molar refractivity (Wildman–Crippen MR) is 94.4 cm³/mol. The Morgan fingerprint density at radius 1 is 1.00 bits per heavy atom. The Bertz CT molecular complexity index is 533. The quantitative estimate of drug-likeness (QED) is 0.795. The zero-order valence-corrected chi connectivity index (χ0v) is 15.0. The molecule has 1 heterocycles. The molecule has 23 heavy (non-hydrogen) atoms. The Balaban J connectivity index is 2.04. The van der Waals surface area contributed by atoms with Crippen LogP contribution < -0.4 is 0 Å². The summed E-state index contributed by atoms with van der Waals surface area (Å²) in [6.07, 6.45) is 0.853. The van der Waals surface area contributed by atoms with Gasteiger partial charge in [-0.25, -0.2) is 0 Å². The molecule has 5 heteroatoms. The summed E-state index contributed by atoms with van der Waals surface area (Å²) in [7, 11) is 0. The second-order valence-corrected chi connectivity index (χ2v) is 7.50. The summed E-state index contributed by atoms with van der Waals surface area (Å²) >= 11 is 1.64. The maximum Gasteiger partial charge on any atom is 0.236 e. The van der Waals surface area contributed by atoms with Gasteiger partial charge in [0.15, 0.2) is 0 Å². The number of amides is 2. The van der Waals surface area contributed by atoms with E-state index in [1.54, 1.807) is 18.7 Å². The third-order valence-electron chi connectivity index (χ3n) is 4.11. The van der Waals surface area contributed by atoms with Crippen LogP contribution >= 0.6 is 11.8 Å². The lowest BCUT2D eigenvalue weighted by atomic mass is 10.1. The highest BCUT2D eigenvalue weighted by atomic mass is 32.2. The Morgan fingerprint density at radius 2 is 1.61 bits per heavy atom. The van der Waals surface area contributed by atoms with Crippen LogP contribution in [0, 0.1) is 5.92 Å². The molecule has 4 nitrogen and oxygen atoms in total. The Hall–Kier alpha value is -1.49. The van der Waals surface area contributed by atoms with Crippen molar-refractivity contribution in [2.45, 2.75) is 37.3 Å². The SMILES string of the molecule is CC(=O)N1CCCN(C(=O)C(Sc2ccccc2)C(C)C)CC1. The van der Waals surface area contributed by atoms with Crippen LogP contribution in [0.3, 0.4) is 0 Å². The zero-order valence-electron chi connectivity index (χ0n) is 14.2. The van der Waals surface area contributed by atoms with Crippen molar-refractivity contribution >= 4 is 23.6 Å². The highest BCUT2D eigenvalue weighted by Gasteiger charge is 2.29. The molecule has 1 aliphatic rings. The maximum atomic E-state index is 13.0. The number of thioether (sulfide) groups is 1. The number of carbonyl (C=O) groups is 2. The van der Waals surface area contributed by atoms with Gasteiger partial charge in [-0.3, -0.25) is 9.59 Å². The van der Waals surface area contributed by atoms with Gasteiger partial charge in [-0.1, -0.05) is 32.0 Å². The summed E-state index contributed by atoms with van der Waals surface area (Å²) in [5, 5.41) is -0.0821.